The topological polar surface area (TPSA) is 3.24 Å². The fourth-order valence-electron chi connectivity index (χ4n) is 3.07. The average molecular weight is 298 g/mol. The quantitative estimate of drug-likeness (QED) is 0.316. The third-order valence-electron chi connectivity index (χ3n) is 4.45. The lowest BCUT2D eigenvalue weighted by molar-refractivity contribution is 0.507. The summed E-state index contributed by atoms with van der Waals surface area (Å²) in [6.07, 6.45) is 19.4. The van der Waals surface area contributed by atoms with E-state index >= 15 is 0 Å². The molecule has 1 saturated heterocycles. The Bertz CT molecular complexity index is 234. The Balaban J connectivity index is 1.77. The zero-order valence-electron chi connectivity index (χ0n) is 13.7. The van der Waals surface area contributed by atoms with Crippen LogP contribution in [0.1, 0.15) is 96.8 Å². The molecule has 1 heterocycles. The van der Waals surface area contributed by atoms with Crippen LogP contribution >= 0.6 is 12.2 Å². The van der Waals surface area contributed by atoms with Crippen molar-refractivity contribution >= 4 is 17.2 Å². The van der Waals surface area contributed by atoms with E-state index in [1.165, 1.54) is 102 Å². The van der Waals surface area contributed by atoms with Gasteiger partial charge in [-0.05, 0) is 25.7 Å². The molecule has 0 bridgehead atoms. The van der Waals surface area contributed by atoms with E-state index < -0.39 is 0 Å². The number of unbranched alkanes of at least 4 members (excludes halogenated alkanes) is 10. The largest absolute Gasteiger partial charge is 0.366 e. The molecule has 1 rings (SSSR count). The summed E-state index contributed by atoms with van der Waals surface area (Å²) in [5.74, 6) is 0. The van der Waals surface area contributed by atoms with Gasteiger partial charge in [-0.2, -0.15) is 0 Å². The maximum Gasteiger partial charge on any atom is 0.0779 e. The molecule has 1 fully saturated rings. The minimum absolute atomic E-state index is 1.16. The van der Waals surface area contributed by atoms with Gasteiger partial charge in [-0.3, -0.25) is 0 Å². The molecule has 0 aromatic heterocycles. The smallest absolute Gasteiger partial charge is 0.0779 e. The third-order valence-corrected chi connectivity index (χ3v) is 4.92. The predicted octanol–water partition coefficient (Wildman–Crippen LogP) is 6.11. The van der Waals surface area contributed by atoms with Crippen molar-refractivity contribution < 1.29 is 0 Å². The second-order valence-corrected chi connectivity index (χ2v) is 6.84. The van der Waals surface area contributed by atoms with E-state index in [0.29, 0.717) is 0 Å². The van der Waals surface area contributed by atoms with Gasteiger partial charge < -0.3 is 4.90 Å². The van der Waals surface area contributed by atoms with Gasteiger partial charge in [-0.15, -0.1) is 0 Å². The first-order valence-corrected chi connectivity index (χ1v) is 9.53. The standard InChI is InChI=1S/C18H35NS/c1-2-3-4-5-6-7-8-9-10-11-12-15-18(20)19-16-13-14-17-19/h2-17H2,1H3. The Morgan fingerprint density at radius 1 is 0.750 bits per heavy atom. The van der Waals surface area contributed by atoms with Crippen molar-refractivity contribution in [3.05, 3.63) is 0 Å². The van der Waals surface area contributed by atoms with Crippen LogP contribution in [0, 0.1) is 0 Å². The van der Waals surface area contributed by atoms with Crippen molar-refractivity contribution in [2.45, 2.75) is 96.8 Å². The lowest BCUT2D eigenvalue weighted by Gasteiger charge is -2.18. The fraction of sp³-hybridized carbons (Fsp3) is 0.944. The molecule has 0 radical (unpaired) electrons. The summed E-state index contributed by atoms with van der Waals surface area (Å²) in [6.45, 7) is 4.73. The van der Waals surface area contributed by atoms with E-state index in [4.69, 9.17) is 12.2 Å². The second-order valence-electron chi connectivity index (χ2n) is 6.37. The third kappa shape index (κ3) is 8.94. The van der Waals surface area contributed by atoms with Crippen LogP contribution in [-0.2, 0) is 0 Å². The molecule has 0 aromatic carbocycles. The molecule has 1 aliphatic rings. The van der Waals surface area contributed by atoms with E-state index in [2.05, 4.69) is 11.8 Å². The van der Waals surface area contributed by atoms with Gasteiger partial charge in [-0.25, -0.2) is 0 Å². The maximum absolute atomic E-state index is 5.51. The molecular formula is C18H35NS. The highest BCUT2D eigenvalue weighted by molar-refractivity contribution is 7.80. The predicted molar refractivity (Wildman–Crippen MR) is 94.5 cm³/mol. The summed E-state index contributed by atoms with van der Waals surface area (Å²) in [5, 5.41) is 0. The van der Waals surface area contributed by atoms with Crippen molar-refractivity contribution in [2.24, 2.45) is 0 Å². The van der Waals surface area contributed by atoms with Crippen LogP contribution in [0.15, 0.2) is 0 Å². The van der Waals surface area contributed by atoms with Crippen LogP contribution in [0.25, 0.3) is 0 Å². The first-order chi connectivity index (χ1) is 9.84. The van der Waals surface area contributed by atoms with Crippen LogP contribution in [0.2, 0.25) is 0 Å². The summed E-state index contributed by atoms with van der Waals surface area (Å²) in [6, 6.07) is 0. The van der Waals surface area contributed by atoms with E-state index in [9.17, 15) is 0 Å². The highest BCUT2D eigenvalue weighted by atomic mass is 32.1. The van der Waals surface area contributed by atoms with Crippen LogP contribution in [0.4, 0.5) is 0 Å². The summed E-state index contributed by atoms with van der Waals surface area (Å²) < 4.78 is 0. The lowest BCUT2D eigenvalue weighted by Crippen LogP contribution is -2.25. The molecule has 0 unspecified atom stereocenters. The molecule has 0 aliphatic carbocycles. The van der Waals surface area contributed by atoms with Crippen LogP contribution < -0.4 is 0 Å². The fourth-order valence-corrected chi connectivity index (χ4v) is 3.39. The highest BCUT2D eigenvalue weighted by Gasteiger charge is 2.13. The van der Waals surface area contributed by atoms with Gasteiger partial charge in [0.2, 0.25) is 0 Å². The number of rotatable bonds is 12. The SMILES string of the molecule is CCCCCCCCCCCCCC(=S)N1CCCC1. The Morgan fingerprint density at radius 3 is 1.70 bits per heavy atom. The molecule has 1 aliphatic heterocycles. The van der Waals surface area contributed by atoms with E-state index in [-0.39, 0.29) is 0 Å². The van der Waals surface area contributed by atoms with E-state index in [0.717, 1.165) is 6.42 Å². The summed E-state index contributed by atoms with van der Waals surface area (Å²) in [5.41, 5.74) is 0. The van der Waals surface area contributed by atoms with Gasteiger partial charge in [-0.1, -0.05) is 83.3 Å². The summed E-state index contributed by atoms with van der Waals surface area (Å²) in [7, 11) is 0. The number of likely N-dealkylation sites (tertiary alicyclic amines) is 1. The molecule has 0 spiro atoms. The van der Waals surface area contributed by atoms with Crippen LogP contribution in [0.5, 0.6) is 0 Å². The van der Waals surface area contributed by atoms with Gasteiger partial charge in [0.25, 0.3) is 0 Å². The molecule has 0 amide bonds. The van der Waals surface area contributed by atoms with Crippen molar-refractivity contribution in [1.29, 1.82) is 0 Å². The van der Waals surface area contributed by atoms with Crippen molar-refractivity contribution in [3.63, 3.8) is 0 Å². The zero-order chi connectivity index (χ0) is 14.5. The molecule has 1 nitrogen and oxygen atoms in total. The van der Waals surface area contributed by atoms with Crippen molar-refractivity contribution in [2.75, 3.05) is 13.1 Å². The monoisotopic (exact) mass is 297 g/mol. The van der Waals surface area contributed by atoms with Gasteiger partial charge in [0.05, 0.1) is 4.99 Å². The molecule has 118 valence electrons. The highest BCUT2D eigenvalue weighted by Crippen LogP contribution is 2.15. The normalized spacial score (nSPS) is 14.9. The van der Waals surface area contributed by atoms with Crippen LogP contribution in [-0.4, -0.2) is 23.0 Å². The molecule has 20 heavy (non-hydrogen) atoms. The second kappa shape index (κ2) is 12.6. The Labute approximate surface area is 132 Å². The van der Waals surface area contributed by atoms with E-state index in [1.807, 2.05) is 0 Å². The lowest BCUT2D eigenvalue weighted by atomic mass is 10.1. The Kier molecular flexibility index (Phi) is 11.3. The minimum atomic E-state index is 1.16. The number of thiocarbonyl (C=S) groups is 1. The molecule has 0 saturated carbocycles. The number of nitrogens with zero attached hydrogens (tertiary/aromatic N) is 1. The number of hydrogen-bond acceptors (Lipinski definition) is 1. The Morgan fingerprint density at radius 2 is 1.20 bits per heavy atom. The zero-order valence-corrected chi connectivity index (χ0v) is 14.5. The van der Waals surface area contributed by atoms with Gasteiger partial charge >= 0.3 is 0 Å². The van der Waals surface area contributed by atoms with Gasteiger partial charge in [0.1, 0.15) is 0 Å². The minimum Gasteiger partial charge on any atom is -0.366 e. The van der Waals surface area contributed by atoms with E-state index in [1.54, 1.807) is 0 Å². The molecule has 2 heteroatoms. The molecule has 0 N–H and O–H groups in total. The van der Waals surface area contributed by atoms with Crippen LogP contribution in [0.3, 0.4) is 0 Å². The number of hydrogen-bond donors (Lipinski definition) is 0. The van der Waals surface area contributed by atoms with Gasteiger partial charge in [0, 0.05) is 13.1 Å². The molecular weight excluding hydrogens is 262 g/mol. The Hall–Kier alpha value is -0.110. The molecule has 0 atom stereocenters. The maximum atomic E-state index is 5.51. The van der Waals surface area contributed by atoms with Crippen molar-refractivity contribution in [3.8, 4) is 0 Å². The summed E-state index contributed by atoms with van der Waals surface area (Å²) in [4.78, 5) is 3.66. The molecule has 0 aromatic rings. The van der Waals surface area contributed by atoms with Crippen molar-refractivity contribution in [1.82, 2.24) is 4.90 Å². The summed E-state index contributed by atoms with van der Waals surface area (Å²) >= 11 is 5.51. The first-order valence-electron chi connectivity index (χ1n) is 9.12. The van der Waals surface area contributed by atoms with Gasteiger partial charge in [0.15, 0.2) is 0 Å². The first kappa shape index (κ1) is 17.9. The average Bonchev–Trinajstić information content (AvgIpc) is 2.99.